The molecule has 3 nitrogen and oxygen atoms in total. The van der Waals surface area contributed by atoms with Crippen molar-refractivity contribution in [3.63, 3.8) is 0 Å². The molecule has 0 bridgehead atoms. The van der Waals surface area contributed by atoms with E-state index in [-0.39, 0.29) is 18.7 Å². The molecule has 2 aliphatic carbocycles. The number of fused-ring (bicyclic) bond motifs is 1. The van der Waals surface area contributed by atoms with Crippen LogP contribution < -0.4 is 0 Å². The van der Waals surface area contributed by atoms with Gasteiger partial charge in [0.15, 0.2) is 0 Å². The Morgan fingerprint density at radius 1 is 1.29 bits per heavy atom. The molecule has 0 fully saturated rings. The number of methoxy groups -OCH3 is 1. The maximum Gasteiger partial charge on any atom is 0.137 e. The molecule has 0 radical (unpaired) electrons. The van der Waals surface area contributed by atoms with E-state index in [1.807, 2.05) is 18.0 Å². The highest BCUT2D eigenvalue weighted by Crippen LogP contribution is 2.41. The monoisotopic (exact) mass is 345 g/mol. The zero-order chi connectivity index (χ0) is 17.1. The first kappa shape index (κ1) is 17.3. The Hall–Kier alpha value is -1.55. The van der Waals surface area contributed by atoms with E-state index < -0.39 is 0 Å². The van der Waals surface area contributed by atoms with Crippen LogP contribution in [-0.4, -0.2) is 36.9 Å². The minimum atomic E-state index is 0.0521. The fraction of sp³-hybridized carbons (Fsp3) is 0.400. The van der Waals surface area contributed by atoms with Crippen LogP contribution in [0.15, 0.2) is 58.9 Å². The lowest BCUT2D eigenvalue weighted by atomic mass is 9.74. The molecule has 2 atom stereocenters. The number of nitrogens with zero attached hydrogens (tertiary/aromatic N) is 1. The number of aliphatic hydroxyl groups excluding tert-OH is 1. The zero-order valence-corrected chi connectivity index (χ0v) is 15.0. The predicted octanol–water partition coefficient (Wildman–Crippen LogP) is 3.95. The number of aryl methyl sites for hydroxylation is 1. The Morgan fingerprint density at radius 3 is 2.83 bits per heavy atom. The number of rotatable bonds is 4. The Kier molecular flexibility index (Phi) is 5.44. The molecular formula is C20H24ClNO2. The first-order valence-corrected chi connectivity index (χ1v) is 8.74. The van der Waals surface area contributed by atoms with Crippen molar-refractivity contribution in [2.75, 3.05) is 20.9 Å². The van der Waals surface area contributed by atoms with E-state index in [1.54, 1.807) is 7.11 Å². The minimum absolute atomic E-state index is 0.0521. The lowest BCUT2D eigenvalue weighted by Crippen LogP contribution is -2.41. The summed E-state index contributed by atoms with van der Waals surface area (Å²) in [6.07, 6.45) is 9.09. The lowest BCUT2D eigenvalue weighted by Gasteiger charge is -2.39. The summed E-state index contributed by atoms with van der Waals surface area (Å²) < 4.78 is 5.47. The average molecular weight is 346 g/mol. The number of likely N-dealkylation sites (N-methyl/N-ethyl adjacent to an activating group) is 1. The maximum absolute atomic E-state index is 9.68. The number of allylic oxidation sites excluding steroid dienone is 4. The van der Waals surface area contributed by atoms with Crippen molar-refractivity contribution < 1.29 is 9.84 Å². The Morgan fingerprint density at radius 2 is 2.08 bits per heavy atom. The standard InChI is InChI=1S/C20H24ClNO2/c1-22(13-23)18-11-10-14-6-3-4-8-16(14)20(18)15-7-5-9-17(21)19(12-15)24-2/h3-4,6-9,12,18,20,23H,5,10-11,13H2,1-2H3. The smallest absolute Gasteiger partial charge is 0.137 e. The third kappa shape index (κ3) is 3.30. The number of aliphatic hydroxyl groups is 1. The van der Waals surface area contributed by atoms with Gasteiger partial charge in [-0.1, -0.05) is 48.0 Å². The van der Waals surface area contributed by atoms with Gasteiger partial charge >= 0.3 is 0 Å². The van der Waals surface area contributed by atoms with Crippen molar-refractivity contribution in [2.45, 2.75) is 31.2 Å². The molecule has 0 heterocycles. The van der Waals surface area contributed by atoms with Crippen LogP contribution in [0.4, 0.5) is 0 Å². The van der Waals surface area contributed by atoms with Gasteiger partial charge in [-0.25, -0.2) is 0 Å². The third-order valence-corrected chi connectivity index (χ3v) is 5.38. The summed E-state index contributed by atoms with van der Waals surface area (Å²) in [6, 6.07) is 8.86. The largest absolute Gasteiger partial charge is 0.495 e. The molecule has 24 heavy (non-hydrogen) atoms. The molecule has 4 heteroatoms. The van der Waals surface area contributed by atoms with Gasteiger partial charge in [0.05, 0.1) is 18.9 Å². The number of hydrogen-bond acceptors (Lipinski definition) is 3. The van der Waals surface area contributed by atoms with E-state index in [0.717, 1.165) is 19.3 Å². The van der Waals surface area contributed by atoms with Crippen molar-refractivity contribution in [3.8, 4) is 0 Å². The first-order chi connectivity index (χ1) is 11.7. The highest BCUT2D eigenvalue weighted by Gasteiger charge is 2.34. The average Bonchev–Trinajstić information content (AvgIpc) is 2.81. The van der Waals surface area contributed by atoms with Crippen LogP contribution in [-0.2, 0) is 11.2 Å². The van der Waals surface area contributed by atoms with Crippen LogP contribution in [0.5, 0.6) is 0 Å². The summed E-state index contributed by atoms with van der Waals surface area (Å²) >= 11 is 6.30. The van der Waals surface area contributed by atoms with Crippen LogP contribution in [0.2, 0.25) is 0 Å². The van der Waals surface area contributed by atoms with Gasteiger partial charge in [-0.05, 0) is 49.1 Å². The molecule has 128 valence electrons. The molecule has 0 aromatic heterocycles. The second-order valence-corrected chi connectivity index (χ2v) is 6.79. The topological polar surface area (TPSA) is 32.7 Å². The van der Waals surface area contributed by atoms with E-state index in [2.05, 4.69) is 36.4 Å². The van der Waals surface area contributed by atoms with Gasteiger partial charge in [-0.2, -0.15) is 0 Å². The summed E-state index contributed by atoms with van der Waals surface area (Å²) in [5, 5.41) is 10.3. The van der Waals surface area contributed by atoms with Gasteiger partial charge in [-0.3, -0.25) is 4.90 Å². The molecular weight excluding hydrogens is 322 g/mol. The van der Waals surface area contributed by atoms with Gasteiger partial charge in [0.25, 0.3) is 0 Å². The summed E-state index contributed by atoms with van der Waals surface area (Å²) in [4.78, 5) is 2.03. The zero-order valence-electron chi connectivity index (χ0n) is 14.2. The number of hydrogen-bond donors (Lipinski definition) is 1. The van der Waals surface area contributed by atoms with E-state index in [1.165, 1.54) is 16.7 Å². The van der Waals surface area contributed by atoms with Crippen LogP contribution in [0.25, 0.3) is 0 Å². The summed E-state index contributed by atoms with van der Waals surface area (Å²) in [5.74, 6) is 0.905. The van der Waals surface area contributed by atoms with Gasteiger partial charge in [0, 0.05) is 12.0 Å². The third-order valence-electron chi connectivity index (χ3n) is 5.04. The Bertz CT molecular complexity index is 693. The van der Waals surface area contributed by atoms with Gasteiger partial charge in [0.2, 0.25) is 0 Å². The second-order valence-electron chi connectivity index (χ2n) is 6.39. The molecule has 1 aromatic carbocycles. The van der Waals surface area contributed by atoms with Gasteiger partial charge in [0.1, 0.15) is 5.76 Å². The normalized spacial score (nSPS) is 23.8. The predicted molar refractivity (Wildman–Crippen MR) is 97.9 cm³/mol. The Balaban J connectivity index is 2.07. The molecule has 1 aromatic rings. The molecule has 3 rings (SSSR count). The van der Waals surface area contributed by atoms with Crippen molar-refractivity contribution in [2.24, 2.45) is 0 Å². The van der Waals surface area contributed by atoms with Crippen LogP contribution in [0.1, 0.15) is 29.9 Å². The van der Waals surface area contributed by atoms with Gasteiger partial charge in [-0.15, -0.1) is 0 Å². The van der Waals surface area contributed by atoms with E-state index in [9.17, 15) is 5.11 Å². The summed E-state index contributed by atoms with van der Waals surface area (Å²) in [7, 11) is 3.63. The highest BCUT2D eigenvalue weighted by molar-refractivity contribution is 6.31. The molecule has 0 aliphatic heterocycles. The van der Waals surface area contributed by atoms with Crippen LogP contribution in [0, 0.1) is 0 Å². The lowest BCUT2D eigenvalue weighted by molar-refractivity contribution is 0.0789. The molecule has 2 unspecified atom stereocenters. The first-order valence-electron chi connectivity index (χ1n) is 8.36. The molecule has 0 saturated carbocycles. The van der Waals surface area contributed by atoms with E-state index >= 15 is 0 Å². The Labute approximate surface area is 148 Å². The maximum atomic E-state index is 9.68. The van der Waals surface area contributed by atoms with Crippen molar-refractivity contribution in [1.82, 2.24) is 4.90 Å². The SMILES string of the molecule is COC1=CC(C2c3ccccc3CCC2N(C)CO)=CCC=C1Cl. The molecule has 0 saturated heterocycles. The van der Waals surface area contributed by atoms with Crippen LogP contribution >= 0.6 is 11.6 Å². The molecule has 2 aliphatic rings. The van der Waals surface area contributed by atoms with Crippen molar-refractivity contribution in [1.29, 1.82) is 0 Å². The highest BCUT2D eigenvalue weighted by atomic mass is 35.5. The van der Waals surface area contributed by atoms with E-state index in [0.29, 0.717) is 10.8 Å². The minimum Gasteiger partial charge on any atom is -0.495 e. The summed E-state index contributed by atoms with van der Waals surface area (Å²) in [5.41, 5.74) is 3.93. The fourth-order valence-electron chi connectivity index (χ4n) is 3.78. The van der Waals surface area contributed by atoms with Gasteiger partial charge < -0.3 is 9.84 Å². The van der Waals surface area contributed by atoms with Crippen molar-refractivity contribution in [3.05, 3.63) is 70.0 Å². The summed E-state index contributed by atoms with van der Waals surface area (Å²) in [6.45, 7) is 0.0521. The van der Waals surface area contributed by atoms with Crippen LogP contribution in [0.3, 0.4) is 0 Å². The van der Waals surface area contributed by atoms with E-state index in [4.69, 9.17) is 16.3 Å². The number of halogens is 1. The fourth-order valence-corrected chi connectivity index (χ4v) is 4.00. The quantitative estimate of drug-likeness (QED) is 0.839. The number of ether oxygens (including phenoxy) is 1. The molecule has 0 spiro atoms. The molecule has 0 amide bonds. The molecule has 1 N–H and O–H groups in total. The second kappa shape index (κ2) is 7.56. The number of benzene rings is 1. The van der Waals surface area contributed by atoms with Crippen molar-refractivity contribution >= 4 is 11.6 Å².